The third-order valence-electron chi connectivity index (χ3n) is 4.37. The number of H-pyrrole nitrogens is 1. The number of aromatic amines is 1. The molecule has 0 saturated heterocycles. The third-order valence-corrected chi connectivity index (χ3v) is 4.37. The number of nitrogens with zero attached hydrogens (tertiary/aromatic N) is 2. The van der Waals surface area contributed by atoms with E-state index in [1.807, 2.05) is 30.3 Å². The number of carbonyl (C=O) groups is 1. The van der Waals surface area contributed by atoms with E-state index in [0.717, 1.165) is 22.4 Å². The van der Waals surface area contributed by atoms with Gasteiger partial charge in [-0.2, -0.15) is 5.10 Å². The van der Waals surface area contributed by atoms with Gasteiger partial charge in [-0.05, 0) is 11.1 Å². The molecule has 0 fully saturated rings. The van der Waals surface area contributed by atoms with Crippen LogP contribution in [0.15, 0.2) is 54.6 Å². The first-order valence-corrected chi connectivity index (χ1v) is 7.81. The first kappa shape index (κ1) is 15.1. The minimum atomic E-state index is -0.434. The van der Waals surface area contributed by atoms with Gasteiger partial charge in [0.25, 0.3) is 5.69 Å². The van der Waals surface area contributed by atoms with Crippen molar-refractivity contribution in [2.45, 2.75) is 12.3 Å². The van der Waals surface area contributed by atoms with Crippen LogP contribution in [0, 0.1) is 10.1 Å². The maximum Gasteiger partial charge on any atom is 0.269 e. The topological polar surface area (TPSA) is 101 Å². The van der Waals surface area contributed by atoms with Gasteiger partial charge >= 0.3 is 0 Å². The lowest BCUT2D eigenvalue weighted by Crippen LogP contribution is -2.23. The average molecular weight is 334 g/mol. The van der Waals surface area contributed by atoms with Gasteiger partial charge in [-0.1, -0.05) is 42.5 Å². The standard InChI is InChI=1S/C18H14N4O3/c23-15-10-14(11-6-8-13(9-7-11)22(24)25)16-17(20-21-18(16)19-15)12-4-2-1-3-5-12/h1-9,14H,10H2,(H2,19,20,21,23)/t14-/m0/s1. The molecule has 1 atom stereocenters. The van der Waals surface area contributed by atoms with Gasteiger partial charge in [0.05, 0.1) is 10.6 Å². The molecule has 0 radical (unpaired) electrons. The molecule has 124 valence electrons. The van der Waals surface area contributed by atoms with Crippen molar-refractivity contribution >= 4 is 17.4 Å². The van der Waals surface area contributed by atoms with E-state index >= 15 is 0 Å². The SMILES string of the molecule is O=C1C[C@@H](c2ccc([N+](=O)[O-])cc2)c2c(n[nH]c2-c2ccccc2)N1. The summed E-state index contributed by atoms with van der Waals surface area (Å²) in [5.74, 6) is 0.180. The Morgan fingerprint density at radius 2 is 1.80 bits per heavy atom. The van der Waals surface area contributed by atoms with E-state index in [1.165, 1.54) is 12.1 Å². The quantitative estimate of drug-likeness (QED) is 0.566. The molecule has 3 aromatic rings. The minimum Gasteiger partial charge on any atom is -0.309 e. The highest BCUT2D eigenvalue weighted by Crippen LogP contribution is 2.41. The fraction of sp³-hybridized carbons (Fsp3) is 0.111. The zero-order valence-corrected chi connectivity index (χ0v) is 13.1. The number of rotatable bonds is 3. The van der Waals surface area contributed by atoms with Gasteiger partial charge in [0, 0.05) is 30.0 Å². The molecular weight excluding hydrogens is 320 g/mol. The summed E-state index contributed by atoms with van der Waals surface area (Å²) in [4.78, 5) is 22.5. The van der Waals surface area contributed by atoms with Crippen molar-refractivity contribution in [3.63, 3.8) is 0 Å². The number of fused-ring (bicyclic) bond motifs is 1. The molecule has 7 heteroatoms. The molecule has 0 aliphatic carbocycles. The molecule has 0 bridgehead atoms. The van der Waals surface area contributed by atoms with Crippen LogP contribution in [0.2, 0.25) is 0 Å². The lowest BCUT2D eigenvalue weighted by Gasteiger charge is -2.23. The van der Waals surface area contributed by atoms with Gasteiger partial charge in [-0.15, -0.1) is 0 Å². The summed E-state index contributed by atoms with van der Waals surface area (Å²) in [7, 11) is 0. The van der Waals surface area contributed by atoms with E-state index in [0.29, 0.717) is 5.82 Å². The van der Waals surface area contributed by atoms with E-state index in [9.17, 15) is 14.9 Å². The second-order valence-corrected chi connectivity index (χ2v) is 5.88. The second-order valence-electron chi connectivity index (χ2n) is 5.88. The number of aromatic nitrogens is 2. The molecule has 2 heterocycles. The zero-order valence-electron chi connectivity index (χ0n) is 13.1. The Morgan fingerprint density at radius 1 is 1.08 bits per heavy atom. The normalized spacial score (nSPS) is 16.2. The molecule has 0 unspecified atom stereocenters. The summed E-state index contributed by atoms with van der Waals surface area (Å²) in [5.41, 5.74) is 3.60. The molecule has 1 aliphatic rings. The summed E-state index contributed by atoms with van der Waals surface area (Å²) in [6.45, 7) is 0. The van der Waals surface area contributed by atoms with Crippen LogP contribution in [0.5, 0.6) is 0 Å². The van der Waals surface area contributed by atoms with Crippen molar-refractivity contribution in [3.8, 4) is 11.3 Å². The molecular formula is C18H14N4O3. The van der Waals surface area contributed by atoms with Crippen molar-refractivity contribution in [2.24, 2.45) is 0 Å². The number of nitrogens with one attached hydrogen (secondary N) is 2. The average Bonchev–Trinajstić information content (AvgIpc) is 3.05. The summed E-state index contributed by atoms with van der Waals surface area (Å²) < 4.78 is 0. The van der Waals surface area contributed by atoms with Crippen LogP contribution in [0.1, 0.15) is 23.5 Å². The number of nitro groups is 1. The number of anilines is 1. The molecule has 1 aliphatic heterocycles. The fourth-order valence-electron chi connectivity index (χ4n) is 3.19. The van der Waals surface area contributed by atoms with Crippen LogP contribution in [-0.2, 0) is 4.79 Å². The van der Waals surface area contributed by atoms with Gasteiger partial charge < -0.3 is 5.32 Å². The minimum absolute atomic E-state index is 0.0275. The summed E-state index contributed by atoms with van der Waals surface area (Å²) in [5, 5.41) is 20.9. The molecule has 0 spiro atoms. The Labute approximate surface area is 142 Å². The van der Waals surface area contributed by atoms with E-state index in [2.05, 4.69) is 15.5 Å². The van der Waals surface area contributed by atoms with Gasteiger partial charge in [-0.25, -0.2) is 0 Å². The molecule has 0 saturated carbocycles. The summed E-state index contributed by atoms with van der Waals surface area (Å²) in [6.07, 6.45) is 0.268. The van der Waals surface area contributed by atoms with Gasteiger partial charge in [-0.3, -0.25) is 20.0 Å². The maximum atomic E-state index is 12.1. The van der Waals surface area contributed by atoms with Crippen molar-refractivity contribution in [1.29, 1.82) is 0 Å². The zero-order chi connectivity index (χ0) is 17.4. The second kappa shape index (κ2) is 5.86. The van der Waals surface area contributed by atoms with Crippen molar-refractivity contribution in [1.82, 2.24) is 10.2 Å². The van der Waals surface area contributed by atoms with Crippen LogP contribution >= 0.6 is 0 Å². The summed E-state index contributed by atoms with van der Waals surface area (Å²) in [6, 6.07) is 16.1. The van der Waals surface area contributed by atoms with Gasteiger partial charge in [0.2, 0.25) is 5.91 Å². The first-order chi connectivity index (χ1) is 12.1. The number of benzene rings is 2. The molecule has 2 aromatic carbocycles. The predicted molar refractivity (Wildman–Crippen MR) is 92.2 cm³/mol. The number of hydrogen-bond acceptors (Lipinski definition) is 4. The Bertz CT molecular complexity index is 948. The Hall–Kier alpha value is -3.48. The van der Waals surface area contributed by atoms with Crippen molar-refractivity contribution < 1.29 is 9.72 Å². The first-order valence-electron chi connectivity index (χ1n) is 7.81. The summed E-state index contributed by atoms with van der Waals surface area (Å²) >= 11 is 0. The highest BCUT2D eigenvalue weighted by Gasteiger charge is 2.32. The lowest BCUT2D eigenvalue weighted by atomic mass is 9.84. The molecule has 1 aromatic heterocycles. The van der Waals surface area contributed by atoms with E-state index in [1.54, 1.807) is 12.1 Å². The fourth-order valence-corrected chi connectivity index (χ4v) is 3.19. The monoisotopic (exact) mass is 334 g/mol. The molecule has 25 heavy (non-hydrogen) atoms. The van der Waals surface area contributed by atoms with Crippen LogP contribution in [0.3, 0.4) is 0 Å². The number of amides is 1. The van der Waals surface area contributed by atoms with Crippen LogP contribution in [0.4, 0.5) is 11.5 Å². The van der Waals surface area contributed by atoms with Crippen molar-refractivity contribution in [3.05, 3.63) is 75.8 Å². The van der Waals surface area contributed by atoms with Crippen LogP contribution < -0.4 is 5.32 Å². The Balaban J connectivity index is 1.82. The van der Waals surface area contributed by atoms with E-state index in [4.69, 9.17) is 0 Å². The molecule has 4 rings (SSSR count). The van der Waals surface area contributed by atoms with Gasteiger partial charge in [0.15, 0.2) is 5.82 Å². The number of nitro benzene ring substituents is 1. The Morgan fingerprint density at radius 3 is 2.48 bits per heavy atom. The molecule has 7 nitrogen and oxygen atoms in total. The number of non-ortho nitro benzene ring substituents is 1. The lowest BCUT2D eigenvalue weighted by molar-refractivity contribution is -0.384. The Kier molecular flexibility index (Phi) is 3.53. The predicted octanol–water partition coefficient (Wildman–Crippen LogP) is 3.46. The number of hydrogen-bond donors (Lipinski definition) is 2. The largest absolute Gasteiger partial charge is 0.309 e. The van der Waals surface area contributed by atoms with E-state index in [-0.39, 0.29) is 23.9 Å². The van der Waals surface area contributed by atoms with Crippen LogP contribution in [-0.4, -0.2) is 21.0 Å². The van der Waals surface area contributed by atoms with Crippen molar-refractivity contribution in [2.75, 3.05) is 5.32 Å². The van der Waals surface area contributed by atoms with E-state index < -0.39 is 4.92 Å². The molecule has 2 N–H and O–H groups in total. The smallest absolute Gasteiger partial charge is 0.269 e. The van der Waals surface area contributed by atoms with Gasteiger partial charge in [0.1, 0.15) is 0 Å². The molecule has 1 amide bonds. The maximum absolute atomic E-state index is 12.1. The highest BCUT2D eigenvalue weighted by atomic mass is 16.6. The highest BCUT2D eigenvalue weighted by molar-refractivity contribution is 5.96. The number of carbonyl (C=O) groups excluding carboxylic acids is 1. The van der Waals surface area contributed by atoms with Crippen LogP contribution in [0.25, 0.3) is 11.3 Å². The third kappa shape index (κ3) is 2.65.